The molecular weight excluding hydrogens is 326 g/mol. The molecule has 15 heavy (non-hydrogen) atoms. The van der Waals surface area contributed by atoms with Crippen LogP contribution < -0.4 is 5.56 Å². The van der Waals surface area contributed by atoms with Crippen LogP contribution >= 0.6 is 34.2 Å². The third kappa shape index (κ3) is 3.75. The van der Waals surface area contributed by atoms with Crippen molar-refractivity contribution in [1.29, 1.82) is 0 Å². The van der Waals surface area contributed by atoms with Gasteiger partial charge in [0.25, 0.3) is 5.56 Å². The van der Waals surface area contributed by atoms with Crippen molar-refractivity contribution in [3.63, 3.8) is 0 Å². The van der Waals surface area contributed by atoms with Gasteiger partial charge in [-0.15, -0.1) is 11.6 Å². The molecule has 0 saturated heterocycles. The van der Waals surface area contributed by atoms with E-state index in [1.54, 1.807) is 10.8 Å². The molecule has 0 fully saturated rings. The first-order valence-corrected chi connectivity index (χ1v) is 6.56. The molecule has 0 aliphatic rings. The lowest BCUT2D eigenvalue weighted by Gasteiger charge is -2.08. The topological polar surface area (TPSA) is 34.9 Å². The Hall–Kier alpha value is -0.100. The van der Waals surface area contributed by atoms with Gasteiger partial charge in [0, 0.05) is 18.6 Å². The molecule has 0 radical (unpaired) electrons. The zero-order chi connectivity index (χ0) is 11.3. The molecule has 5 heteroatoms. The van der Waals surface area contributed by atoms with Gasteiger partial charge in [0.2, 0.25) is 0 Å². The Kier molecular flexibility index (Phi) is 5.60. The molecule has 3 nitrogen and oxygen atoms in total. The third-order valence-corrected chi connectivity index (χ3v) is 3.23. The van der Waals surface area contributed by atoms with Crippen molar-refractivity contribution in [3.05, 3.63) is 25.9 Å². The van der Waals surface area contributed by atoms with Crippen molar-refractivity contribution in [1.82, 2.24) is 9.55 Å². The number of rotatable bonds is 5. The second kappa shape index (κ2) is 6.48. The van der Waals surface area contributed by atoms with Gasteiger partial charge in [-0.05, 0) is 42.4 Å². The molecule has 1 rings (SSSR count). The van der Waals surface area contributed by atoms with E-state index in [9.17, 15) is 4.79 Å². The van der Waals surface area contributed by atoms with Crippen LogP contribution in [0.1, 0.15) is 25.1 Å². The van der Waals surface area contributed by atoms with Gasteiger partial charge in [-0.2, -0.15) is 0 Å². The van der Waals surface area contributed by atoms with E-state index >= 15 is 0 Å². The first-order valence-electron chi connectivity index (χ1n) is 4.94. The standard InChI is InChI=1S/C10H14ClIN2O/c1-8-13-7-9(12)10(15)14(8)6-4-2-3-5-11/h7H,2-6H2,1H3. The molecule has 1 aromatic rings. The molecule has 1 aromatic heterocycles. The fourth-order valence-electron chi connectivity index (χ4n) is 1.36. The zero-order valence-corrected chi connectivity index (χ0v) is 11.6. The summed E-state index contributed by atoms with van der Waals surface area (Å²) >= 11 is 7.61. The van der Waals surface area contributed by atoms with Crippen molar-refractivity contribution in [2.75, 3.05) is 5.88 Å². The minimum atomic E-state index is 0.0639. The van der Waals surface area contributed by atoms with Gasteiger partial charge < -0.3 is 0 Å². The summed E-state index contributed by atoms with van der Waals surface area (Å²) in [4.78, 5) is 15.9. The van der Waals surface area contributed by atoms with Crippen LogP contribution in [0.5, 0.6) is 0 Å². The minimum Gasteiger partial charge on any atom is -0.296 e. The number of hydrogen-bond acceptors (Lipinski definition) is 2. The summed E-state index contributed by atoms with van der Waals surface area (Å²) in [6.45, 7) is 2.60. The Morgan fingerprint density at radius 1 is 1.47 bits per heavy atom. The fraction of sp³-hybridized carbons (Fsp3) is 0.600. The minimum absolute atomic E-state index is 0.0639. The molecule has 0 N–H and O–H groups in total. The lowest BCUT2D eigenvalue weighted by molar-refractivity contribution is 0.564. The second-order valence-corrected chi connectivity index (χ2v) is 4.90. The lowest BCUT2D eigenvalue weighted by atomic mass is 10.2. The highest BCUT2D eigenvalue weighted by Gasteiger charge is 2.04. The largest absolute Gasteiger partial charge is 0.296 e. The summed E-state index contributed by atoms with van der Waals surface area (Å²) in [6.07, 6.45) is 4.66. The van der Waals surface area contributed by atoms with E-state index in [0.717, 1.165) is 31.6 Å². The number of halogens is 2. The smallest absolute Gasteiger partial charge is 0.266 e. The van der Waals surface area contributed by atoms with Crippen molar-refractivity contribution in [2.45, 2.75) is 32.7 Å². The van der Waals surface area contributed by atoms with Gasteiger partial charge in [-0.3, -0.25) is 9.36 Å². The van der Waals surface area contributed by atoms with Gasteiger partial charge in [-0.25, -0.2) is 4.98 Å². The Morgan fingerprint density at radius 3 is 2.87 bits per heavy atom. The highest BCUT2D eigenvalue weighted by atomic mass is 127. The van der Waals surface area contributed by atoms with Gasteiger partial charge in [0.05, 0.1) is 3.57 Å². The predicted molar refractivity (Wildman–Crippen MR) is 70.5 cm³/mol. The second-order valence-electron chi connectivity index (χ2n) is 3.36. The van der Waals surface area contributed by atoms with Gasteiger partial charge >= 0.3 is 0 Å². The molecule has 0 spiro atoms. The summed E-state index contributed by atoms with van der Waals surface area (Å²) in [5.74, 6) is 1.48. The highest BCUT2D eigenvalue weighted by molar-refractivity contribution is 14.1. The summed E-state index contributed by atoms with van der Waals surface area (Å²) in [5.41, 5.74) is 0.0639. The quantitative estimate of drug-likeness (QED) is 0.469. The molecule has 0 aliphatic heterocycles. The maximum Gasteiger partial charge on any atom is 0.266 e. The van der Waals surface area contributed by atoms with E-state index in [0.29, 0.717) is 9.45 Å². The molecule has 0 saturated carbocycles. The van der Waals surface area contributed by atoms with E-state index in [1.165, 1.54) is 0 Å². The monoisotopic (exact) mass is 340 g/mol. The number of alkyl halides is 1. The maximum absolute atomic E-state index is 11.7. The van der Waals surface area contributed by atoms with Crippen molar-refractivity contribution in [2.24, 2.45) is 0 Å². The van der Waals surface area contributed by atoms with Crippen molar-refractivity contribution < 1.29 is 0 Å². The molecule has 0 aromatic carbocycles. The van der Waals surface area contributed by atoms with Crippen LogP contribution in [0.2, 0.25) is 0 Å². The summed E-state index contributed by atoms with van der Waals surface area (Å²) in [7, 11) is 0. The summed E-state index contributed by atoms with van der Waals surface area (Å²) < 4.78 is 2.41. The highest BCUT2D eigenvalue weighted by Crippen LogP contribution is 2.02. The number of aryl methyl sites for hydroxylation is 1. The Bertz CT molecular complexity index is 378. The van der Waals surface area contributed by atoms with Crippen LogP contribution in [0.25, 0.3) is 0 Å². The summed E-state index contributed by atoms with van der Waals surface area (Å²) in [5, 5.41) is 0. The van der Waals surface area contributed by atoms with Gasteiger partial charge in [-0.1, -0.05) is 6.42 Å². The van der Waals surface area contributed by atoms with Crippen LogP contribution in [0.3, 0.4) is 0 Å². The SMILES string of the molecule is Cc1ncc(I)c(=O)n1CCCCCCl. The van der Waals surface area contributed by atoms with Crippen LogP contribution in [0, 0.1) is 10.5 Å². The first kappa shape index (κ1) is 13.0. The fourth-order valence-corrected chi connectivity index (χ4v) is 1.97. The molecule has 0 aliphatic carbocycles. The molecular formula is C10H14ClIN2O. The molecule has 0 amide bonds. The number of aromatic nitrogens is 2. The van der Waals surface area contributed by atoms with E-state index in [2.05, 4.69) is 4.98 Å². The Morgan fingerprint density at radius 2 is 2.20 bits per heavy atom. The Balaban J connectivity index is 2.68. The lowest BCUT2D eigenvalue weighted by Crippen LogP contribution is -2.25. The van der Waals surface area contributed by atoms with Crippen LogP contribution in [-0.2, 0) is 6.54 Å². The maximum atomic E-state index is 11.7. The van der Waals surface area contributed by atoms with Gasteiger partial charge in [0.15, 0.2) is 0 Å². The van der Waals surface area contributed by atoms with Crippen molar-refractivity contribution in [3.8, 4) is 0 Å². The molecule has 1 heterocycles. The number of unbranched alkanes of at least 4 members (excludes halogenated alkanes) is 2. The van der Waals surface area contributed by atoms with E-state index in [1.807, 2.05) is 29.5 Å². The third-order valence-electron chi connectivity index (χ3n) is 2.22. The average Bonchev–Trinajstić information content (AvgIpc) is 2.23. The van der Waals surface area contributed by atoms with Crippen LogP contribution in [0.4, 0.5) is 0 Å². The van der Waals surface area contributed by atoms with Crippen molar-refractivity contribution >= 4 is 34.2 Å². The average molecular weight is 341 g/mol. The predicted octanol–water partition coefficient (Wildman–Crippen LogP) is 2.57. The molecule has 0 bridgehead atoms. The molecule has 84 valence electrons. The normalized spacial score (nSPS) is 10.6. The zero-order valence-electron chi connectivity index (χ0n) is 8.67. The number of hydrogen-bond donors (Lipinski definition) is 0. The van der Waals surface area contributed by atoms with E-state index < -0.39 is 0 Å². The van der Waals surface area contributed by atoms with E-state index in [-0.39, 0.29) is 5.56 Å². The van der Waals surface area contributed by atoms with Gasteiger partial charge in [0.1, 0.15) is 5.82 Å². The molecule has 0 unspecified atom stereocenters. The summed E-state index contributed by atoms with van der Waals surface area (Å²) in [6, 6.07) is 0. The molecule has 0 atom stereocenters. The van der Waals surface area contributed by atoms with E-state index in [4.69, 9.17) is 11.6 Å². The Labute approximate surface area is 108 Å². The first-order chi connectivity index (χ1) is 7.16. The number of nitrogens with zero attached hydrogens (tertiary/aromatic N) is 2. The van der Waals surface area contributed by atoms with Crippen LogP contribution in [-0.4, -0.2) is 15.4 Å². The van der Waals surface area contributed by atoms with Crippen LogP contribution in [0.15, 0.2) is 11.0 Å².